The topological polar surface area (TPSA) is 71.5 Å². The van der Waals surface area contributed by atoms with Crippen LogP contribution in [0.1, 0.15) is 17.0 Å². The highest BCUT2D eigenvalue weighted by atomic mass is 32.1. The quantitative estimate of drug-likeness (QED) is 0.585. The third-order valence-electron chi connectivity index (χ3n) is 4.24. The van der Waals surface area contributed by atoms with Crippen LogP contribution in [-0.2, 0) is 16.9 Å². The van der Waals surface area contributed by atoms with Crippen molar-refractivity contribution in [3.8, 4) is 5.75 Å². The molecular weight excluding hydrogens is 412 g/mol. The summed E-state index contributed by atoms with van der Waals surface area (Å²) in [6, 6.07) is 10.2. The van der Waals surface area contributed by atoms with Crippen molar-refractivity contribution in [2.75, 3.05) is 7.11 Å². The maximum absolute atomic E-state index is 13.7. The molecule has 154 valence electrons. The third-order valence-corrected chi connectivity index (χ3v) is 5.43. The molecule has 0 aliphatic heterocycles. The number of methoxy groups -OCH3 is 1. The lowest BCUT2D eigenvalue weighted by Gasteiger charge is -2.27. The predicted molar refractivity (Wildman–Crippen MR) is 99.0 cm³/mol. The number of alkyl halides is 3. The maximum atomic E-state index is 13.7. The Labute approximate surface area is 167 Å². The summed E-state index contributed by atoms with van der Waals surface area (Å²) in [5, 5.41) is 12.0. The van der Waals surface area contributed by atoms with Crippen molar-refractivity contribution in [1.82, 2.24) is 10.3 Å². The highest BCUT2D eigenvalue weighted by Crippen LogP contribution is 2.44. The van der Waals surface area contributed by atoms with E-state index < -0.39 is 34.9 Å². The molecule has 2 N–H and O–H groups in total. The number of carbonyl (C=O) groups is 1. The average Bonchev–Trinajstić information content (AvgIpc) is 3.10. The van der Waals surface area contributed by atoms with E-state index in [0.29, 0.717) is 27.1 Å². The minimum absolute atomic E-state index is 0.00218. The summed E-state index contributed by atoms with van der Waals surface area (Å²) >= 11 is 0.669. The van der Waals surface area contributed by atoms with Crippen LogP contribution in [0.2, 0.25) is 0 Å². The molecule has 0 saturated carbocycles. The van der Waals surface area contributed by atoms with Gasteiger partial charge in [0.25, 0.3) is 0 Å². The molecule has 10 heteroatoms. The molecule has 3 aromatic rings. The number of carbonyl (C=O) groups excluding carboxylic acids is 1. The molecule has 2 aromatic carbocycles. The van der Waals surface area contributed by atoms with Crippen LogP contribution in [0.3, 0.4) is 0 Å². The van der Waals surface area contributed by atoms with Crippen LogP contribution in [0.4, 0.5) is 17.6 Å². The fraction of sp³-hybridized carbons (Fsp3) is 0.263. The number of benzene rings is 2. The Morgan fingerprint density at radius 2 is 1.97 bits per heavy atom. The highest BCUT2D eigenvalue weighted by molar-refractivity contribution is 7.18. The molecule has 29 heavy (non-hydrogen) atoms. The molecule has 0 fully saturated rings. The zero-order valence-corrected chi connectivity index (χ0v) is 15.9. The number of nitrogens with one attached hydrogen (secondary N) is 1. The van der Waals surface area contributed by atoms with Crippen LogP contribution in [0.25, 0.3) is 10.2 Å². The van der Waals surface area contributed by atoms with Crippen molar-refractivity contribution in [3.63, 3.8) is 0 Å². The Hall–Kier alpha value is -2.72. The minimum Gasteiger partial charge on any atom is -0.494 e. The zero-order chi connectivity index (χ0) is 21.2. The van der Waals surface area contributed by atoms with E-state index in [0.717, 1.165) is 6.07 Å². The van der Waals surface area contributed by atoms with E-state index in [-0.39, 0.29) is 12.3 Å². The van der Waals surface area contributed by atoms with Gasteiger partial charge in [0.1, 0.15) is 5.01 Å². The van der Waals surface area contributed by atoms with Gasteiger partial charge in [-0.05, 0) is 29.8 Å². The molecule has 0 aliphatic carbocycles. The van der Waals surface area contributed by atoms with Gasteiger partial charge in [0.05, 0.1) is 23.7 Å². The second-order valence-electron chi connectivity index (χ2n) is 6.27. The number of hydrogen-bond acceptors (Lipinski definition) is 5. The summed E-state index contributed by atoms with van der Waals surface area (Å²) in [5.74, 6) is -1.72. The van der Waals surface area contributed by atoms with Crippen molar-refractivity contribution < 1.29 is 32.2 Å². The number of nitrogens with zero attached hydrogens (tertiary/aromatic N) is 1. The van der Waals surface area contributed by atoms with E-state index >= 15 is 0 Å². The molecule has 0 aliphatic rings. The van der Waals surface area contributed by atoms with Gasteiger partial charge in [0.2, 0.25) is 11.5 Å². The number of thiazole rings is 1. The van der Waals surface area contributed by atoms with Crippen LogP contribution in [0.15, 0.2) is 42.5 Å². The molecule has 1 amide bonds. The first-order valence-electron chi connectivity index (χ1n) is 8.38. The molecule has 0 radical (unpaired) electrons. The van der Waals surface area contributed by atoms with Gasteiger partial charge in [0.15, 0.2) is 11.6 Å². The number of ether oxygens (including phenoxy) is 1. The first-order chi connectivity index (χ1) is 13.6. The van der Waals surface area contributed by atoms with Crippen molar-refractivity contribution >= 4 is 27.5 Å². The van der Waals surface area contributed by atoms with E-state index in [1.807, 2.05) is 0 Å². The molecule has 1 aromatic heterocycles. The van der Waals surface area contributed by atoms with Crippen molar-refractivity contribution in [3.05, 3.63) is 58.9 Å². The standard InChI is InChI=1S/C19H16F4N2O3S/c1-28-14-7-6-11(8-12(14)20)10-24-16(26)9-18(27,19(21,22)23)17-25-13-4-2-3-5-15(13)29-17/h2-8,27H,9-10H2,1H3,(H,24,26). The van der Waals surface area contributed by atoms with E-state index in [1.54, 1.807) is 18.2 Å². The second-order valence-corrected chi connectivity index (χ2v) is 7.30. The SMILES string of the molecule is COc1ccc(CNC(=O)CC(O)(c2nc3ccccc3s2)C(F)(F)F)cc1F. The van der Waals surface area contributed by atoms with Gasteiger partial charge >= 0.3 is 6.18 Å². The van der Waals surface area contributed by atoms with Gasteiger partial charge in [-0.25, -0.2) is 9.37 Å². The Kier molecular flexibility index (Phi) is 5.76. The van der Waals surface area contributed by atoms with Crippen molar-refractivity contribution in [1.29, 1.82) is 0 Å². The average molecular weight is 428 g/mol. The summed E-state index contributed by atoms with van der Waals surface area (Å²) in [6.07, 6.45) is -6.39. The molecule has 0 spiro atoms. The molecule has 3 rings (SSSR count). The van der Waals surface area contributed by atoms with Gasteiger partial charge in [-0.3, -0.25) is 4.79 Å². The molecular formula is C19H16F4N2O3S. The van der Waals surface area contributed by atoms with E-state index in [9.17, 15) is 27.5 Å². The van der Waals surface area contributed by atoms with Gasteiger partial charge < -0.3 is 15.2 Å². The lowest BCUT2D eigenvalue weighted by molar-refractivity contribution is -0.267. The lowest BCUT2D eigenvalue weighted by atomic mass is 9.99. The Bertz CT molecular complexity index is 1000. The van der Waals surface area contributed by atoms with Crippen molar-refractivity contribution in [2.45, 2.75) is 24.7 Å². The van der Waals surface area contributed by atoms with Gasteiger partial charge in [-0.2, -0.15) is 13.2 Å². The van der Waals surface area contributed by atoms with Gasteiger partial charge in [-0.15, -0.1) is 11.3 Å². The molecule has 0 saturated heterocycles. The smallest absolute Gasteiger partial charge is 0.424 e. The molecule has 1 heterocycles. The number of amides is 1. The molecule has 0 bridgehead atoms. The first kappa shape index (κ1) is 21.0. The summed E-state index contributed by atoms with van der Waals surface area (Å²) in [4.78, 5) is 16.0. The predicted octanol–water partition coefficient (Wildman–Crippen LogP) is 3.90. The maximum Gasteiger partial charge on any atom is 0.424 e. The zero-order valence-electron chi connectivity index (χ0n) is 15.1. The molecule has 1 atom stereocenters. The number of fused-ring (bicyclic) bond motifs is 1. The van der Waals surface area contributed by atoms with Gasteiger partial charge in [0, 0.05) is 6.54 Å². The minimum atomic E-state index is -5.12. The number of aromatic nitrogens is 1. The fourth-order valence-electron chi connectivity index (χ4n) is 2.66. The lowest BCUT2D eigenvalue weighted by Crippen LogP contribution is -2.46. The summed E-state index contributed by atoms with van der Waals surface area (Å²) in [7, 11) is 1.29. The van der Waals surface area contributed by atoms with Crippen LogP contribution in [0.5, 0.6) is 5.75 Å². The number of para-hydroxylation sites is 1. The normalized spacial score (nSPS) is 13.9. The van der Waals surface area contributed by atoms with E-state index in [1.165, 1.54) is 25.3 Å². The number of hydrogen-bond donors (Lipinski definition) is 2. The number of aliphatic hydroxyl groups is 1. The molecule has 1 unspecified atom stereocenters. The van der Waals surface area contributed by atoms with Crippen LogP contribution in [0, 0.1) is 5.82 Å². The summed E-state index contributed by atoms with van der Waals surface area (Å²) in [6.45, 7) is -0.215. The fourth-order valence-corrected chi connectivity index (χ4v) is 3.74. The van der Waals surface area contributed by atoms with Crippen LogP contribution >= 0.6 is 11.3 Å². The highest BCUT2D eigenvalue weighted by Gasteiger charge is 2.58. The second kappa shape index (κ2) is 7.96. The van der Waals surface area contributed by atoms with Gasteiger partial charge in [-0.1, -0.05) is 18.2 Å². The first-order valence-corrected chi connectivity index (χ1v) is 9.20. The Morgan fingerprint density at radius 1 is 1.24 bits per heavy atom. The molecule has 5 nitrogen and oxygen atoms in total. The van der Waals surface area contributed by atoms with Crippen molar-refractivity contribution in [2.24, 2.45) is 0 Å². The van der Waals surface area contributed by atoms with Crippen LogP contribution < -0.4 is 10.1 Å². The summed E-state index contributed by atoms with van der Waals surface area (Å²) < 4.78 is 59.9. The third kappa shape index (κ3) is 4.33. The monoisotopic (exact) mass is 428 g/mol. The number of halogens is 4. The van der Waals surface area contributed by atoms with E-state index in [4.69, 9.17) is 4.74 Å². The largest absolute Gasteiger partial charge is 0.494 e. The summed E-state index contributed by atoms with van der Waals surface area (Å²) in [5.41, 5.74) is -2.82. The van der Waals surface area contributed by atoms with Crippen LogP contribution in [-0.4, -0.2) is 29.3 Å². The Balaban J connectivity index is 1.78. The van der Waals surface area contributed by atoms with E-state index in [2.05, 4.69) is 10.3 Å². The number of rotatable bonds is 6. The Morgan fingerprint density at radius 3 is 2.59 bits per heavy atom.